The van der Waals surface area contributed by atoms with Crippen molar-refractivity contribution < 1.29 is 24.8 Å². The van der Waals surface area contributed by atoms with Gasteiger partial charge in [0.2, 0.25) is 11.8 Å². The van der Waals surface area contributed by atoms with Crippen molar-refractivity contribution >= 4 is 46.0 Å². The molecular weight excluding hydrogens is 436 g/mol. The molecular formula is C17H19BrN4O6. The summed E-state index contributed by atoms with van der Waals surface area (Å²) in [6.45, 7) is -0.545. The van der Waals surface area contributed by atoms with E-state index in [4.69, 9.17) is 5.73 Å². The molecule has 0 aliphatic rings. The molecule has 2 rings (SSSR count). The normalized spacial score (nSPS) is 9.29. The molecule has 6 N–H and O–H groups in total. The second-order valence-corrected chi connectivity index (χ2v) is 5.28. The van der Waals surface area contributed by atoms with Crippen molar-refractivity contribution in [2.45, 2.75) is 0 Å². The summed E-state index contributed by atoms with van der Waals surface area (Å²) >= 11 is 0. The smallest absolute Gasteiger partial charge is 0.270 e. The molecule has 0 bridgehead atoms. The van der Waals surface area contributed by atoms with Gasteiger partial charge in [-0.25, -0.2) is 0 Å². The number of halogens is 1. The molecule has 0 aliphatic heterocycles. The second-order valence-electron chi connectivity index (χ2n) is 5.28. The van der Waals surface area contributed by atoms with Crippen LogP contribution in [0.3, 0.4) is 0 Å². The van der Waals surface area contributed by atoms with E-state index in [1.54, 1.807) is 30.3 Å². The van der Waals surface area contributed by atoms with Crippen LogP contribution in [0, 0.1) is 10.1 Å². The van der Waals surface area contributed by atoms with Crippen LogP contribution in [0.25, 0.3) is 0 Å². The molecule has 11 heteroatoms. The maximum atomic E-state index is 12.7. The Morgan fingerprint density at radius 2 is 1.68 bits per heavy atom. The number of ketones is 1. The number of hydrogen-bond donors (Lipinski definition) is 3. The molecule has 150 valence electrons. The highest BCUT2D eigenvalue weighted by molar-refractivity contribution is 8.93. The van der Waals surface area contributed by atoms with Crippen molar-refractivity contribution in [1.29, 1.82) is 0 Å². The predicted molar refractivity (Wildman–Crippen MR) is 108 cm³/mol. The first-order chi connectivity index (χ1) is 12.4. The Hall–Kier alpha value is -3.31. The van der Waals surface area contributed by atoms with Gasteiger partial charge >= 0.3 is 0 Å². The second kappa shape index (κ2) is 11.4. The number of benzene rings is 2. The topological polar surface area (TPSA) is 176 Å². The van der Waals surface area contributed by atoms with Crippen LogP contribution in [0.15, 0.2) is 48.5 Å². The summed E-state index contributed by atoms with van der Waals surface area (Å²) in [5.74, 6) is -1.62. The van der Waals surface area contributed by atoms with Gasteiger partial charge < -0.3 is 21.8 Å². The third-order valence-corrected chi connectivity index (χ3v) is 3.39. The summed E-state index contributed by atoms with van der Waals surface area (Å²) < 4.78 is 0. The molecule has 10 nitrogen and oxygen atoms in total. The molecule has 2 amide bonds. The predicted octanol–water partition coefficient (Wildman–Crippen LogP) is 0.592. The number of nitro benzene ring substituents is 1. The van der Waals surface area contributed by atoms with Gasteiger partial charge in [0.15, 0.2) is 5.78 Å². The lowest BCUT2D eigenvalue weighted by atomic mass is 10.0. The van der Waals surface area contributed by atoms with Crippen LogP contribution in [-0.4, -0.2) is 41.1 Å². The molecule has 0 radical (unpaired) electrons. The van der Waals surface area contributed by atoms with Gasteiger partial charge in [0.25, 0.3) is 5.69 Å². The maximum Gasteiger partial charge on any atom is 0.270 e. The lowest BCUT2D eigenvalue weighted by Gasteiger charge is -2.11. The monoisotopic (exact) mass is 454 g/mol. The van der Waals surface area contributed by atoms with E-state index < -0.39 is 22.5 Å². The third kappa shape index (κ3) is 6.78. The number of anilines is 1. The minimum Gasteiger partial charge on any atom is -0.412 e. The summed E-state index contributed by atoms with van der Waals surface area (Å²) in [7, 11) is 0. The quantitative estimate of drug-likeness (QED) is 0.298. The molecule has 0 unspecified atom stereocenters. The molecule has 0 aromatic heterocycles. The Kier molecular flexibility index (Phi) is 10.1. The van der Waals surface area contributed by atoms with Gasteiger partial charge in [-0.2, -0.15) is 0 Å². The highest BCUT2D eigenvalue weighted by Gasteiger charge is 2.18. The fraction of sp³-hybridized carbons (Fsp3) is 0.118. The lowest BCUT2D eigenvalue weighted by Crippen LogP contribution is -2.36. The van der Waals surface area contributed by atoms with E-state index in [0.717, 1.165) is 6.07 Å². The summed E-state index contributed by atoms with van der Waals surface area (Å²) in [6.07, 6.45) is 0. The minimum absolute atomic E-state index is 0. The van der Waals surface area contributed by atoms with Crippen LogP contribution in [-0.2, 0) is 9.59 Å². The van der Waals surface area contributed by atoms with E-state index >= 15 is 0 Å². The van der Waals surface area contributed by atoms with Crippen molar-refractivity contribution in [2.75, 3.05) is 18.4 Å². The van der Waals surface area contributed by atoms with Crippen LogP contribution in [0.1, 0.15) is 15.9 Å². The van der Waals surface area contributed by atoms with E-state index in [-0.39, 0.29) is 52.5 Å². The fourth-order valence-corrected chi connectivity index (χ4v) is 2.16. The molecule has 0 heterocycles. The Balaban J connectivity index is 0.00000364. The zero-order valence-electron chi connectivity index (χ0n) is 14.5. The molecule has 0 fully saturated rings. The van der Waals surface area contributed by atoms with Gasteiger partial charge in [-0.3, -0.25) is 24.5 Å². The van der Waals surface area contributed by atoms with Crippen molar-refractivity contribution in [3.63, 3.8) is 0 Å². The number of nitrogens with zero attached hydrogens (tertiary/aromatic N) is 1. The van der Waals surface area contributed by atoms with Crippen LogP contribution >= 0.6 is 17.0 Å². The van der Waals surface area contributed by atoms with E-state index in [0.29, 0.717) is 5.56 Å². The van der Waals surface area contributed by atoms with Crippen molar-refractivity contribution in [3.8, 4) is 0 Å². The van der Waals surface area contributed by atoms with Gasteiger partial charge in [0.05, 0.1) is 23.6 Å². The largest absolute Gasteiger partial charge is 0.412 e. The van der Waals surface area contributed by atoms with Gasteiger partial charge in [-0.1, -0.05) is 30.3 Å². The molecule has 0 atom stereocenters. The average molecular weight is 455 g/mol. The number of primary amides is 1. The van der Waals surface area contributed by atoms with Gasteiger partial charge in [0.1, 0.15) is 0 Å². The van der Waals surface area contributed by atoms with E-state index in [1.807, 2.05) is 0 Å². The highest BCUT2D eigenvalue weighted by atomic mass is 79.9. The van der Waals surface area contributed by atoms with E-state index in [2.05, 4.69) is 10.6 Å². The number of amides is 2. The minimum atomic E-state index is -0.686. The van der Waals surface area contributed by atoms with Crippen LogP contribution in [0.4, 0.5) is 11.4 Å². The molecule has 0 saturated carbocycles. The van der Waals surface area contributed by atoms with Crippen molar-refractivity contribution in [3.05, 3.63) is 69.8 Å². The first-order valence-corrected chi connectivity index (χ1v) is 7.55. The van der Waals surface area contributed by atoms with Crippen molar-refractivity contribution in [2.24, 2.45) is 5.73 Å². The number of nitro groups is 1. The third-order valence-electron chi connectivity index (χ3n) is 3.39. The molecule has 0 aliphatic carbocycles. The SMILES string of the molecule is Br.NC(=O)CNC(=O)CNc1ccc([N+](=O)[O-])cc1C(=O)c1ccccc1.O. The number of nitrogens with two attached hydrogens (primary N) is 1. The van der Waals surface area contributed by atoms with Crippen LogP contribution in [0.2, 0.25) is 0 Å². The first-order valence-electron chi connectivity index (χ1n) is 7.55. The summed E-state index contributed by atoms with van der Waals surface area (Å²) in [5.41, 5.74) is 5.38. The van der Waals surface area contributed by atoms with Gasteiger partial charge in [-0.05, 0) is 6.07 Å². The van der Waals surface area contributed by atoms with Crippen molar-refractivity contribution in [1.82, 2.24) is 5.32 Å². The zero-order valence-corrected chi connectivity index (χ0v) is 16.2. The molecule has 2 aromatic carbocycles. The number of hydrogen-bond acceptors (Lipinski definition) is 6. The molecule has 0 spiro atoms. The standard InChI is InChI=1S/C17H16N4O5.BrH.H2O/c18-15(22)9-20-16(23)10-19-14-7-6-12(21(25)26)8-13(14)17(24)11-4-2-1-3-5-11;;/h1-8,19H,9-10H2,(H2,18,22)(H,20,23);1H;1H2. The van der Waals surface area contributed by atoms with Crippen LogP contribution in [0.5, 0.6) is 0 Å². The Labute approximate surface area is 170 Å². The van der Waals surface area contributed by atoms with E-state index in [1.165, 1.54) is 12.1 Å². The number of nitrogens with one attached hydrogen (secondary N) is 2. The lowest BCUT2D eigenvalue weighted by molar-refractivity contribution is -0.384. The van der Waals surface area contributed by atoms with Gasteiger partial charge in [-0.15, -0.1) is 17.0 Å². The summed E-state index contributed by atoms with van der Waals surface area (Å²) in [5, 5.41) is 16.0. The summed E-state index contributed by atoms with van der Waals surface area (Å²) in [4.78, 5) is 45.4. The molecule has 2 aromatic rings. The fourth-order valence-electron chi connectivity index (χ4n) is 2.16. The first kappa shape index (κ1) is 24.7. The number of carbonyl (C=O) groups excluding carboxylic acids is 3. The zero-order chi connectivity index (χ0) is 19.1. The van der Waals surface area contributed by atoms with Crippen LogP contribution < -0.4 is 16.4 Å². The molecule has 28 heavy (non-hydrogen) atoms. The Bertz CT molecular complexity index is 860. The Morgan fingerprint density at radius 1 is 1.04 bits per heavy atom. The summed E-state index contributed by atoms with van der Waals surface area (Å²) in [6, 6.07) is 12.0. The number of rotatable bonds is 8. The molecule has 0 saturated heterocycles. The number of carbonyl (C=O) groups is 3. The maximum absolute atomic E-state index is 12.7. The van der Waals surface area contributed by atoms with Gasteiger partial charge in [0, 0.05) is 23.4 Å². The Morgan fingerprint density at radius 3 is 2.25 bits per heavy atom. The highest BCUT2D eigenvalue weighted by Crippen LogP contribution is 2.24. The van der Waals surface area contributed by atoms with E-state index in [9.17, 15) is 24.5 Å². The average Bonchev–Trinajstić information content (AvgIpc) is 2.64. The number of non-ortho nitro benzene ring substituents is 1.